The van der Waals surface area contributed by atoms with Crippen molar-refractivity contribution in [1.29, 1.82) is 0 Å². The molecule has 0 saturated heterocycles. The number of rotatable bonds is 5. The Hall–Kier alpha value is -0.790. The maximum atomic E-state index is 11.3. The largest absolute Gasteiger partial charge is 0.459 e. The maximum absolute atomic E-state index is 11.3. The van der Waals surface area contributed by atoms with Gasteiger partial charge in [-0.1, -0.05) is 40.2 Å². The highest BCUT2D eigenvalue weighted by atomic mass is 16.5. The first-order chi connectivity index (χ1) is 6.52. The molecular weight excluding hydrogens is 176 g/mol. The summed E-state index contributed by atoms with van der Waals surface area (Å²) in [5, 5.41) is 0. The molecule has 2 heteroatoms. The Labute approximate surface area is 87.3 Å². The second kappa shape index (κ2) is 6.63. The van der Waals surface area contributed by atoms with Crippen LogP contribution < -0.4 is 0 Å². The predicted molar refractivity (Wildman–Crippen MR) is 59.0 cm³/mol. The average Bonchev–Trinajstić information content (AvgIpc) is 2.13. The minimum atomic E-state index is -0.230. The molecule has 0 aromatic rings. The third-order valence-corrected chi connectivity index (χ3v) is 2.42. The van der Waals surface area contributed by atoms with Gasteiger partial charge in [0.05, 0.1) is 0 Å². The molecule has 82 valence electrons. The van der Waals surface area contributed by atoms with Crippen molar-refractivity contribution in [2.45, 2.75) is 47.1 Å². The van der Waals surface area contributed by atoms with Crippen molar-refractivity contribution < 1.29 is 9.53 Å². The van der Waals surface area contributed by atoms with Gasteiger partial charge in [-0.3, -0.25) is 0 Å². The van der Waals surface area contributed by atoms with Crippen molar-refractivity contribution in [1.82, 2.24) is 0 Å². The Morgan fingerprint density at radius 2 is 1.93 bits per heavy atom. The predicted octanol–water partition coefficient (Wildman–Crippen LogP) is 3.18. The summed E-state index contributed by atoms with van der Waals surface area (Å²) in [4.78, 5) is 11.3. The maximum Gasteiger partial charge on any atom is 0.330 e. The number of hydrogen-bond donors (Lipinski definition) is 0. The van der Waals surface area contributed by atoms with Crippen LogP contribution in [0.1, 0.15) is 41.0 Å². The topological polar surface area (TPSA) is 26.3 Å². The Morgan fingerprint density at radius 1 is 1.36 bits per heavy atom. The van der Waals surface area contributed by atoms with Gasteiger partial charge >= 0.3 is 5.97 Å². The Balaban J connectivity index is 4.30. The quantitative estimate of drug-likeness (QED) is 0.501. The van der Waals surface area contributed by atoms with Crippen LogP contribution in [0.25, 0.3) is 0 Å². The second-order valence-electron chi connectivity index (χ2n) is 4.03. The van der Waals surface area contributed by atoms with Crippen LogP contribution in [-0.4, -0.2) is 12.1 Å². The number of allylic oxidation sites excluding steroid dienone is 1. The zero-order chi connectivity index (χ0) is 11.1. The summed E-state index contributed by atoms with van der Waals surface area (Å²) in [6.07, 6.45) is 4.24. The summed E-state index contributed by atoms with van der Waals surface area (Å²) in [5.41, 5.74) is 0. The van der Waals surface area contributed by atoms with E-state index in [0.29, 0.717) is 11.8 Å². The van der Waals surface area contributed by atoms with Crippen molar-refractivity contribution in [3.63, 3.8) is 0 Å². The molecule has 2 nitrogen and oxygen atoms in total. The van der Waals surface area contributed by atoms with Gasteiger partial charge in [0.2, 0.25) is 0 Å². The Kier molecular flexibility index (Phi) is 6.26. The van der Waals surface area contributed by atoms with Crippen LogP contribution in [0.2, 0.25) is 0 Å². The van der Waals surface area contributed by atoms with Gasteiger partial charge in [0, 0.05) is 6.08 Å². The van der Waals surface area contributed by atoms with Crippen LogP contribution in [0.3, 0.4) is 0 Å². The molecule has 0 fully saturated rings. The lowest BCUT2D eigenvalue weighted by atomic mass is 9.93. The minimum absolute atomic E-state index is 0.0312. The molecule has 2 atom stereocenters. The molecule has 0 spiro atoms. The van der Waals surface area contributed by atoms with E-state index in [2.05, 4.69) is 27.7 Å². The lowest BCUT2D eigenvalue weighted by Gasteiger charge is -2.26. The second-order valence-corrected chi connectivity index (χ2v) is 4.03. The van der Waals surface area contributed by atoms with E-state index < -0.39 is 0 Å². The molecule has 0 aromatic carbocycles. The molecule has 0 radical (unpaired) electrons. The van der Waals surface area contributed by atoms with Crippen molar-refractivity contribution in [3.8, 4) is 0 Å². The van der Waals surface area contributed by atoms with Crippen LogP contribution >= 0.6 is 0 Å². The lowest BCUT2D eigenvalue weighted by Crippen LogP contribution is -2.29. The highest BCUT2D eigenvalue weighted by Gasteiger charge is 2.22. The van der Waals surface area contributed by atoms with E-state index in [1.54, 1.807) is 6.08 Å². The van der Waals surface area contributed by atoms with Gasteiger partial charge in [0.1, 0.15) is 6.10 Å². The van der Waals surface area contributed by atoms with Gasteiger partial charge in [-0.05, 0) is 18.8 Å². The zero-order valence-corrected chi connectivity index (χ0v) is 9.91. The molecule has 0 aliphatic rings. The molecule has 0 saturated carbocycles. The molecule has 0 heterocycles. The molecule has 0 amide bonds. The molecule has 0 rings (SSSR count). The minimum Gasteiger partial charge on any atom is -0.459 e. The summed E-state index contributed by atoms with van der Waals surface area (Å²) in [6.45, 7) is 10.2. The standard InChI is InChI=1S/C12H22O2/c1-6-8-11(13)14-12(9(3)4)10(5)7-2/h6,8-10,12H,7H2,1-5H3/b8-6+/t10-,12-/m1/s1. The fourth-order valence-corrected chi connectivity index (χ4v) is 1.45. The van der Waals surface area contributed by atoms with Gasteiger partial charge in [0.15, 0.2) is 0 Å². The number of esters is 1. The number of hydrogen-bond acceptors (Lipinski definition) is 2. The normalized spacial score (nSPS) is 15.9. The number of ether oxygens (including phenoxy) is 1. The summed E-state index contributed by atoms with van der Waals surface area (Å²) < 4.78 is 5.38. The summed E-state index contributed by atoms with van der Waals surface area (Å²) >= 11 is 0. The van der Waals surface area contributed by atoms with E-state index >= 15 is 0 Å². The van der Waals surface area contributed by atoms with E-state index in [1.807, 2.05) is 6.92 Å². The van der Waals surface area contributed by atoms with Crippen LogP contribution in [0.15, 0.2) is 12.2 Å². The van der Waals surface area contributed by atoms with Crippen molar-refractivity contribution in [2.24, 2.45) is 11.8 Å². The fourth-order valence-electron chi connectivity index (χ4n) is 1.45. The third-order valence-electron chi connectivity index (χ3n) is 2.42. The average molecular weight is 198 g/mol. The molecule has 0 N–H and O–H groups in total. The van der Waals surface area contributed by atoms with Crippen LogP contribution in [0.4, 0.5) is 0 Å². The molecule has 0 aliphatic carbocycles. The van der Waals surface area contributed by atoms with Gasteiger partial charge in [0.25, 0.3) is 0 Å². The molecular formula is C12H22O2. The van der Waals surface area contributed by atoms with E-state index in [4.69, 9.17) is 4.74 Å². The molecule has 0 aliphatic heterocycles. The van der Waals surface area contributed by atoms with Crippen molar-refractivity contribution in [2.75, 3.05) is 0 Å². The molecule has 0 unspecified atom stereocenters. The highest BCUT2D eigenvalue weighted by Crippen LogP contribution is 2.19. The molecule has 14 heavy (non-hydrogen) atoms. The third kappa shape index (κ3) is 4.45. The van der Waals surface area contributed by atoms with Gasteiger partial charge in [-0.25, -0.2) is 4.79 Å². The fraction of sp³-hybridized carbons (Fsp3) is 0.750. The van der Waals surface area contributed by atoms with Gasteiger partial charge in [-0.2, -0.15) is 0 Å². The zero-order valence-electron chi connectivity index (χ0n) is 9.91. The molecule has 0 aromatic heterocycles. The smallest absolute Gasteiger partial charge is 0.330 e. The summed E-state index contributed by atoms with van der Waals surface area (Å²) in [7, 11) is 0. The van der Waals surface area contributed by atoms with E-state index in [1.165, 1.54) is 6.08 Å². The van der Waals surface area contributed by atoms with Crippen LogP contribution in [0.5, 0.6) is 0 Å². The van der Waals surface area contributed by atoms with Crippen LogP contribution in [-0.2, 0) is 9.53 Å². The molecule has 0 bridgehead atoms. The van der Waals surface area contributed by atoms with Crippen molar-refractivity contribution in [3.05, 3.63) is 12.2 Å². The first-order valence-electron chi connectivity index (χ1n) is 5.36. The highest BCUT2D eigenvalue weighted by molar-refractivity contribution is 5.81. The van der Waals surface area contributed by atoms with Crippen LogP contribution in [0, 0.1) is 11.8 Å². The summed E-state index contributed by atoms with van der Waals surface area (Å²) in [6, 6.07) is 0. The number of carbonyl (C=O) groups is 1. The van der Waals surface area contributed by atoms with Crippen molar-refractivity contribution >= 4 is 5.97 Å². The monoisotopic (exact) mass is 198 g/mol. The number of carbonyl (C=O) groups excluding carboxylic acids is 1. The van der Waals surface area contributed by atoms with E-state index in [9.17, 15) is 4.79 Å². The van der Waals surface area contributed by atoms with Gasteiger partial charge in [-0.15, -0.1) is 0 Å². The first-order valence-corrected chi connectivity index (χ1v) is 5.36. The Bertz CT molecular complexity index is 194. The first kappa shape index (κ1) is 13.2. The SMILES string of the molecule is C/C=C/C(=O)O[C@H](C(C)C)[C@H](C)CC. The van der Waals surface area contributed by atoms with E-state index in [-0.39, 0.29) is 12.1 Å². The Morgan fingerprint density at radius 3 is 2.29 bits per heavy atom. The van der Waals surface area contributed by atoms with Gasteiger partial charge < -0.3 is 4.74 Å². The summed E-state index contributed by atoms with van der Waals surface area (Å²) in [5.74, 6) is 0.565. The lowest BCUT2D eigenvalue weighted by molar-refractivity contribution is -0.148. The van der Waals surface area contributed by atoms with E-state index in [0.717, 1.165) is 6.42 Å².